The molecule has 1 heterocycles. The summed E-state index contributed by atoms with van der Waals surface area (Å²) in [5.41, 5.74) is 5.69. The fraction of sp³-hybridized carbons (Fsp3) is 0.727. The molecule has 2 atom stereocenters. The van der Waals surface area contributed by atoms with E-state index in [9.17, 15) is 0 Å². The first-order valence-corrected chi connectivity index (χ1v) is 6.32. The zero-order chi connectivity index (χ0) is 11.3. The van der Waals surface area contributed by atoms with Gasteiger partial charge in [-0.05, 0) is 40.2 Å². The molecule has 3 N–H and O–H groups in total. The summed E-state index contributed by atoms with van der Waals surface area (Å²) < 4.78 is 0. The number of nitrogens with two attached hydrogens (primary N) is 1. The summed E-state index contributed by atoms with van der Waals surface area (Å²) >= 11 is 1.76. The van der Waals surface area contributed by atoms with Gasteiger partial charge in [0, 0.05) is 17.1 Å². The molecule has 0 bridgehead atoms. The van der Waals surface area contributed by atoms with Crippen molar-refractivity contribution in [1.82, 2.24) is 10.3 Å². The molecule has 0 aliphatic rings. The fourth-order valence-corrected chi connectivity index (χ4v) is 2.20. The number of nitrogens with one attached hydrogen (secondary N) is 1. The van der Waals surface area contributed by atoms with Gasteiger partial charge in [-0.3, -0.25) is 0 Å². The van der Waals surface area contributed by atoms with Gasteiger partial charge in [0.1, 0.15) is 5.01 Å². The second-order valence-corrected chi connectivity index (χ2v) is 5.37. The summed E-state index contributed by atoms with van der Waals surface area (Å²) in [6, 6.07) is 0.668. The van der Waals surface area contributed by atoms with Crippen LogP contribution in [-0.2, 0) is 0 Å². The molecule has 86 valence electrons. The largest absolute Gasteiger partial charge is 0.328 e. The lowest BCUT2D eigenvalue weighted by Gasteiger charge is -2.11. The molecule has 0 radical (unpaired) electrons. The number of hydrogen-bond donors (Lipinski definition) is 2. The molecule has 0 saturated heterocycles. The van der Waals surface area contributed by atoms with E-state index in [1.165, 1.54) is 9.88 Å². The summed E-state index contributed by atoms with van der Waals surface area (Å²) in [7, 11) is 0. The smallest absolute Gasteiger partial charge is 0.109 e. The standard InChI is InChI=1S/C11H21N3S/c1-8(12)5-4-6-13-10(3)11-14-7-9(2)15-11/h7-8,10,13H,4-6,12H2,1-3H3. The SMILES string of the molecule is Cc1cnc(C(C)NCCCC(C)N)s1. The lowest BCUT2D eigenvalue weighted by Crippen LogP contribution is -2.22. The van der Waals surface area contributed by atoms with Gasteiger partial charge in [-0.15, -0.1) is 11.3 Å². The van der Waals surface area contributed by atoms with Crippen molar-refractivity contribution >= 4 is 11.3 Å². The monoisotopic (exact) mass is 227 g/mol. The Morgan fingerprint density at radius 1 is 1.53 bits per heavy atom. The predicted octanol–water partition coefficient (Wildman–Crippen LogP) is 2.23. The topological polar surface area (TPSA) is 50.9 Å². The highest BCUT2D eigenvalue weighted by molar-refractivity contribution is 7.11. The van der Waals surface area contributed by atoms with Crippen molar-refractivity contribution in [1.29, 1.82) is 0 Å². The minimum Gasteiger partial charge on any atom is -0.328 e. The molecule has 2 unspecified atom stereocenters. The maximum Gasteiger partial charge on any atom is 0.109 e. The van der Waals surface area contributed by atoms with E-state index in [0.717, 1.165) is 19.4 Å². The van der Waals surface area contributed by atoms with Crippen LogP contribution < -0.4 is 11.1 Å². The second kappa shape index (κ2) is 6.20. The van der Waals surface area contributed by atoms with Gasteiger partial charge in [-0.2, -0.15) is 0 Å². The molecule has 0 spiro atoms. The summed E-state index contributed by atoms with van der Waals surface area (Å²) in [4.78, 5) is 5.63. The Kier molecular flexibility index (Phi) is 5.22. The van der Waals surface area contributed by atoms with Crippen molar-refractivity contribution in [3.63, 3.8) is 0 Å². The highest BCUT2D eigenvalue weighted by Gasteiger charge is 2.07. The number of aryl methyl sites for hydroxylation is 1. The van der Waals surface area contributed by atoms with Crippen LogP contribution in [0.1, 0.15) is 42.6 Å². The summed E-state index contributed by atoms with van der Waals surface area (Å²) in [6.07, 6.45) is 4.14. The third-order valence-corrected chi connectivity index (χ3v) is 3.39. The van der Waals surface area contributed by atoms with E-state index in [1.54, 1.807) is 11.3 Å². The molecular weight excluding hydrogens is 206 g/mol. The van der Waals surface area contributed by atoms with Gasteiger partial charge in [0.05, 0.1) is 6.04 Å². The highest BCUT2D eigenvalue weighted by atomic mass is 32.1. The van der Waals surface area contributed by atoms with E-state index in [1.807, 2.05) is 13.1 Å². The molecule has 0 fully saturated rings. The summed E-state index contributed by atoms with van der Waals surface area (Å²) in [5, 5.41) is 4.63. The molecule has 3 nitrogen and oxygen atoms in total. The van der Waals surface area contributed by atoms with Gasteiger partial charge in [-0.1, -0.05) is 0 Å². The molecule has 1 rings (SSSR count). The van der Waals surface area contributed by atoms with Crippen molar-refractivity contribution in [3.05, 3.63) is 16.1 Å². The first kappa shape index (κ1) is 12.6. The minimum atomic E-state index is 0.309. The molecule has 0 aromatic carbocycles. The Balaban J connectivity index is 2.21. The zero-order valence-electron chi connectivity index (χ0n) is 9.79. The van der Waals surface area contributed by atoms with Crippen molar-refractivity contribution in [2.45, 2.75) is 45.7 Å². The average Bonchev–Trinajstić information content (AvgIpc) is 2.59. The molecule has 0 saturated carbocycles. The van der Waals surface area contributed by atoms with Crippen LogP contribution in [0, 0.1) is 6.92 Å². The van der Waals surface area contributed by atoms with Crippen molar-refractivity contribution in [2.24, 2.45) is 5.73 Å². The number of hydrogen-bond acceptors (Lipinski definition) is 4. The van der Waals surface area contributed by atoms with E-state index in [-0.39, 0.29) is 0 Å². The van der Waals surface area contributed by atoms with Crippen molar-refractivity contribution in [3.8, 4) is 0 Å². The zero-order valence-corrected chi connectivity index (χ0v) is 10.6. The Morgan fingerprint density at radius 3 is 2.80 bits per heavy atom. The maximum absolute atomic E-state index is 5.69. The van der Waals surface area contributed by atoms with Gasteiger partial charge in [0.2, 0.25) is 0 Å². The van der Waals surface area contributed by atoms with Crippen LogP contribution in [0.2, 0.25) is 0 Å². The normalized spacial score (nSPS) is 15.2. The van der Waals surface area contributed by atoms with Gasteiger partial charge in [0.15, 0.2) is 0 Å². The van der Waals surface area contributed by atoms with E-state index >= 15 is 0 Å². The van der Waals surface area contributed by atoms with Gasteiger partial charge in [-0.25, -0.2) is 4.98 Å². The minimum absolute atomic E-state index is 0.309. The van der Waals surface area contributed by atoms with Gasteiger partial charge in [0.25, 0.3) is 0 Å². The predicted molar refractivity (Wildman–Crippen MR) is 66.2 cm³/mol. The van der Waals surface area contributed by atoms with Crippen LogP contribution in [0.4, 0.5) is 0 Å². The lowest BCUT2D eigenvalue weighted by molar-refractivity contribution is 0.524. The first-order chi connectivity index (χ1) is 7.09. The van der Waals surface area contributed by atoms with Gasteiger partial charge < -0.3 is 11.1 Å². The van der Waals surface area contributed by atoms with E-state index in [2.05, 4.69) is 24.1 Å². The van der Waals surface area contributed by atoms with Crippen LogP contribution in [0.25, 0.3) is 0 Å². The second-order valence-electron chi connectivity index (χ2n) is 4.10. The molecule has 1 aromatic rings. The Bertz CT molecular complexity index is 283. The Labute approximate surface area is 96.1 Å². The molecule has 0 aliphatic heterocycles. The van der Waals surface area contributed by atoms with Crippen LogP contribution in [-0.4, -0.2) is 17.6 Å². The molecule has 1 aromatic heterocycles. The third-order valence-electron chi connectivity index (χ3n) is 2.30. The van der Waals surface area contributed by atoms with E-state index < -0.39 is 0 Å². The van der Waals surface area contributed by atoms with Crippen molar-refractivity contribution < 1.29 is 0 Å². The quantitative estimate of drug-likeness (QED) is 0.733. The summed E-state index contributed by atoms with van der Waals surface area (Å²) in [6.45, 7) is 7.31. The number of thiazole rings is 1. The van der Waals surface area contributed by atoms with E-state index in [4.69, 9.17) is 5.73 Å². The third kappa shape index (κ3) is 4.73. The Morgan fingerprint density at radius 2 is 2.27 bits per heavy atom. The van der Waals surface area contributed by atoms with Crippen molar-refractivity contribution in [2.75, 3.05) is 6.54 Å². The highest BCUT2D eigenvalue weighted by Crippen LogP contribution is 2.18. The lowest BCUT2D eigenvalue weighted by atomic mass is 10.2. The van der Waals surface area contributed by atoms with Gasteiger partial charge >= 0.3 is 0 Å². The fourth-order valence-electron chi connectivity index (χ4n) is 1.40. The number of nitrogens with zero attached hydrogens (tertiary/aromatic N) is 1. The molecule has 15 heavy (non-hydrogen) atoms. The summed E-state index contributed by atoms with van der Waals surface area (Å²) in [5.74, 6) is 0. The molecule has 0 amide bonds. The number of rotatable bonds is 6. The maximum atomic E-state index is 5.69. The molecule has 4 heteroatoms. The van der Waals surface area contributed by atoms with E-state index in [0.29, 0.717) is 12.1 Å². The van der Waals surface area contributed by atoms with Crippen LogP contribution in [0.5, 0.6) is 0 Å². The van der Waals surface area contributed by atoms with Crippen LogP contribution >= 0.6 is 11.3 Å². The first-order valence-electron chi connectivity index (χ1n) is 5.51. The van der Waals surface area contributed by atoms with Crippen LogP contribution in [0.15, 0.2) is 6.20 Å². The average molecular weight is 227 g/mol. The molecule has 0 aliphatic carbocycles. The van der Waals surface area contributed by atoms with Crippen LogP contribution in [0.3, 0.4) is 0 Å². The molecular formula is C11H21N3S. The number of aromatic nitrogens is 1. The Hall–Kier alpha value is -0.450.